The molecular formula is C9H15N5O5S. The third-order valence-corrected chi connectivity index (χ3v) is 3.75. The van der Waals surface area contributed by atoms with E-state index in [1.807, 2.05) is 0 Å². The van der Waals surface area contributed by atoms with Crippen molar-refractivity contribution in [2.24, 2.45) is 5.73 Å². The van der Waals surface area contributed by atoms with Crippen molar-refractivity contribution in [1.29, 1.82) is 0 Å². The highest BCUT2D eigenvalue weighted by molar-refractivity contribution is 7.90. The van der Waals surface area contributed by atoms with Crippen molar-refractivity contribution in [3.63, 3.8) is 0 Å². The van der Waals surface area contributed by atoms with Crippen LogP contribution in [0.4, 0.5) is 5.69 Å². The van der Waals surface area contributed by atoms with Gasteiger partial charge < -0.3 is 10.8 Å². The maximum atomic E-state index is 11.8. The van der Waals surface area contributed by atoms with Gasteiger partial charge in [-0.25, -0.2) is 0 Å². The molecule has 0 aliphatic rings. The van der Waals surface area contributed by atoms with Crippen LogP contribution >= 0.6 is 0 Å². The lowest BCUT2D eigenvalue weighted by molar-refractivity contribution is -0.137. The molecule has 1 amide bonds. The third kappa shape index (κ3) is 4.85. The highest BCUT2D eigenvalue weighted by Crippen LogP contribution is 2.09. The molecule has 0 fully saturated rings. The fourth-order valence-corrected chi connectivity index (χ4v) is 2.15. The molecule has 0 unspecified atom stereocenters. The quantitative estimate of drug-likeness (QED) is 0.528. The summed E-state index contributed by atoms with van der Waals surface area (Å²) >= 11 is 0. The largest absolute Gasteiger partial charge is 0.481 e. The Morgan fingerprint density at radius 1 is 1.55 bits per heavy atom. The molecule has 1 heterocycles. The summed E-state index contributed by atoms with van der Waals surface area (Å²) in [6, 6.07) is 0. The van der Waals surface area contributed by atoms with Gasteiger partial charge in [0.2, 0.25) is 5.91 Å². The van der Waals surface area contributed by atoms with Gasteiger partial charge in [0.25, 0.3) is 0 Å². The molecule has 0 aromatic carbocycles. The van der Waals surface area contributed by atoms with Crippen molar-refractivity contribution in [1.82, 2.24) is 14.1 Å². The van der Waals surface area contributed by atoms with Gasteiger partial charge in [-0.2, -0.15) is 17.8 Å². The Labute approximate surface area is 115 Å². The maximum Gasteiger partial charge on any atom is 0.304 e. The van der Waals surface area contributed by atoms with Gasteiger partial charge in [0.1, 0.15) is 6.54 Å². The number of hydrogen-bond acceptors (Lipinski definition) is 5. The SMILES string of the molecule is CN(CCC(=O)O)S(=O)(=O)Nc1cnn(CC(N)=O)c1. The summed E-state index contributed by atoms with van der Waals surface area (Å²) in [5.74, 6) is -1.71. The minimum Gasteiger partial charge on any atom is -0.481 e. The van der Waals surface area contributed by atoms with Crippen molar-refractivity contribution in [2.75, 3.05) is 18.3 Å². The number of aromatic nitrogens is 2. The van der Waals surface area contributed by atoms with Crippen LogP contribution in [0.2, 0.25) is 0 Å². The molecule has 0 bridgehead atoms. The second-order valence-corrected chi connectivity index (χ2v) is 5.74. The van der Waals surface area contributed by atoms with E-state index in [2.05, 4.69) is 9.82 Å². The summed E-state index contributed by atoms with van der Waals surface area (Å²) < 4.78 is 27.9. The van der Waals surface area contributed by atoms with Crippen LogP contribution in [0.25, 0.3) is 0 Å². The number of amides is 1. The van der Waals surface area contributed by atoms with E-state index in [-0.39, 0.29) is 25.2 Å². The van der Waals surface area contributed by atoms with Crippen molar-refractivity contribution in [2.45, 2.75) is 13.0 Å². The number of carboxylic acids is 1. The number of carboxylic acid groups (broad SMARTS) is 1. The molecule has 20 heavy (non-hydrogen) atoms. The molecule has 11 heteroatoms. The predicted octanol–water partition coefficient (Wildman–Crippen LogP) is -1.57. The van der Waals surface area contributed by atoms with E-state index in [1.54, 1.807) is 0 Å². The first-order valence-electron chi connectivity index (χ1n) is 5.47. The molecule has 0 spiro atoms. The number of rotatable bonds is 8. The second-order valence-electron chi connectivity index (χ2n) is 3.97. The number of carbonyl (C=O) groups is 2. The van der Waals surface area contributed by atoms with Crippen LogP contribution in [-0.4, -0.2) is 53.1 Å². The third-order valence-electron chi connectivity index (χ3n) is 2.25. The lowest BCUT2D eigenvalue weighted by atomic mass is 10.4. The lowest BCUT2D eigenvalue weighted by Gasteiger charge is -2.16. The molecule has 10 nitrogen and oxygen atoms in total. The van der Waals surface area contributed by atoms with E-state index < -0.39 is 22.1 Å². The molecule has 0 radical (unpaired) electrons. The number of anilines is 1. The number of nitrogens with zero attached hydrogens (tertiary/aromatic N) is 3. The van der Waals surface area contributed by atoms with Crippen LogP contribution in [0.15, 0.2) is 12.4 Å². The lowest BCUT2D eigenvalue weighted by Crippen LogP contribution is -2.34. The number of nitrogens with one attached hydrogen (secondary N) is 1. The zero-order chi connectivity index (χ0) is 15.3. The number of hydrogen-bond donors (Lipinski definition) is 3. The van der Waals surface area contributed by atoms with Crippen molar-refractivity contribution < 1.29 is 23.1 Å². The van der Waals surface area contributed by atoms with Gasteiger partial charge in [0, 0.05) is 19.8 Å². The average molecular weight is 305 g/mol. The summed E-state index contributed by atoms with van der Waals surface area (Å²) in [5.41, 5.74) is 5.12. The summed E-state index contributed by atoms with van der Waals surface area (Å²) in [6.07, 6.45) is 2.21. The Balaban J connectivity index is 2.68. The summed E-state index contributed by atoms with van der Waals surface area (Å²) in [7, 11) is -2.62. The second kappa shape index (κ2) is 6.34. The first kappa shape index (κ1) is 15.9. The van der Waals surface area contributed by atoms with E-state index in [0.717, 1.165) is 4.31 Å². The first-order valence-corrected chi connectivity index (χ1v) is 6.91. The van der Waals surface area contributed by atoms with Crippen molar-refractivity contribution in [3.8, 4) is 0 Å². The number of carbonyl (C=O) groups excluding carboxylic acids is 1. The molecule has 1 aromatic heterocycles. The Morgan fingerprint density at radius 2 is 2.20 bits per heavy atom. The zero-order valence-corrected chi connectivity index (χ0v) is 11.5. The van der Waals surface area contributed by atoms with Gasteiger partial charge in [-0.05, 0) is 0 Å². The summed E-state index contributed by atoms with van der Waals surface area (Å²) in [4.78, 5) is 21.1. The Hall–Kier alpha value is -2.14. The van der Waals surface area contributed by atoms with E-state index in [9.17, 15) is 18.0 Å². The fraction of sp³-hybridized carbons (Fsp3) is 0.444. The van der Waals surface area contributed by atoms with Crippen LogP contribution in [-0.2, 0) is 26.3 Å². The monoisotopic (exact) mass is 305 g/mol. The number of primary amides is 1. The molecule has 112 valence electrons. The van der Waals surface area contributed by atoms with E-state index in [1.165, 1.54) is 24.1 Å². The number of nitrogens with two attached hydrogens (primary N) is 1. The Bertz CT molecular complexity index is 596. The highest BCUT2D eigenvalue weighted by Gasteiger charge is 2.19. The van der Waals surface area contributed by atoms with E-state index in [4.69, 9.17) is 10.8 Å². The molecular weight excluding hydrogens is 290 g/mol. The van der Waals surface area contributed by atoms with Crippen LogP contribution in [0.1, 0.15) is 6.42 Å². The minimum absolute atomic E-state index is 0.147. The molecule has 1 rings (SSSR count). The Kier molecular flexibility index (Phi) is 5.05. The van der Waals surface area contributed by atoms with Crippen LogP contribution < -0.4 is 10.5 Å². The highest BCUT2D eigenvalue weighted by atomic mass is 32.2. The minimum atomic E-state index is -3.87. The number of aliphatic carboxylic acids is 1. The van der Waals surface area contributed by atoms with E-state index >= 15 is 0 Å². The van der Waals surface area contributed by atoms with Gasteiger partial charge >= 0.3 is 16.2 Å². The fourth-order valence-electron chi connectivity index (χ4n) is 1.26. The van der Waals surface area contributed by atoms with Crippen molar-refractivity contribution in [3.05, 3.63) is 12.4 Å². The van der Waals surface area contributed by atoms with Gasteiger partial charge in [-0.15, -0.1) is 0 Å². The predicted molar refractivity (Wildman–Crippen MR) is 68.8 cm³/mol. The van der Waals surface area contributed by atoms with Gasteiger partial charge in [0.15, 0.2) is 0 Å². The van der Waals surface area contributed by atoms with Gasteiger partial charge in [-0.1, -0.05) is 0 Å². The Morgan fingerprint density at radius 3 is 2.75 bits per heavy atom. The van der Waals surface area contributed by atoms with Crippen molar-refractivity contribution >= 4 is 27.8 Å². The molecule has 0 aliphatic heterocycles. The maximum absolute atomic E-state index is 11.8. The molecule has 0 saturated heterocycles. The molecule has 0 atom stereocenters. The molecule has 0 aliphatic carbocycles. The smallest absolute Gasteiger partial charge is 0.304 e. The topological polar surface area (TPSA) is 148 Å². The van der Waals surface area contributed by atoms with Gasteiger partial charge in [-0.3, -0.25) is 19.0 Å². The van der Waals surface area contributed by atoms with Gasteiger partial charge in [0.05, 0.1) is 18.3 Å². The summed E-state index contributed by atoms with van der Waals surface area (Å²) in [5, 5.41) is 12.3. The summed E-state index contributed by atoms with van der Waals surface area (Å²) in [6.45, 7) is -0.337. The first-order chi connectivity index (χ1) is 9.20. The van der Waals surface area contributed by atoms with E-state index in [0.29, 0.717) is 0 Å². The average Bonchev–Trinajstić information content (AvgIpc) is 2.71. The normalized spacial score (nSPS) is 11.5. The zero-order valence-electron chi connectivity index (χ0n) is 10.7. The van der Waals surface area contributed by atoms with Crippen LogP contribution in [0, 0.1) is 0 Å². The molecule has 0 saturated carbocycles. The van der Waals surface area contributed by atoms with Crippen LogP contribution in [0.5, 0.6) is 0 Å². The molecule has 4 N–H and O–H groups in total. The standard InChI is InChI=1S/C9H15N5O5S/c1-13(3-2-9(16)17)20(18,19)12-7-4-11-14(5-7)6-8(10)15/h4-5,12H,2-3,6H2,1H3,(H2,10,15)(H,16,17). The molecule has 1 aromatic rings. The van der Waals surface area contributed by atoms with Crippen LogP contribution in [0.3, 0.4) is 0 Å².